The molecule has 0 aromatic heterocycles. The number of nitrogens with zero attached hydrogens (tertiary/aromatic N) is 1. The molecule has 28 heavy (non-hydrogen) atoms. The molecule has 1 amide bonds. The SMILES string of the molecule is Cc1ccc(C(=O)OCC(=O)Nc2ccc([N+](=O)[O-])cc2C(F)(F)F)cc1C. The molecule has 0 fully saturated rings. The normalized spacial score (nSPS) is 11.0. The molecular formula is C18H15F3N2O5. The Labute approximate surface area is 157 Å². The number of hydrogen-bond acceptors (Lipinski definition) is 5. The maximum absolute atomic E-state index is 13.1. The van der Waals surface area contributed by atoms with Crippen LogP contribution < -0.4 is 5.32 Å². The monoisotopic (exact) mass is 396 g/mol. The van der Waals surface area contributed by atoms with E-state index >= 15 is 0 Å². The van der Waals surface area contributed by atoms with E-state index in [1.54, 1.807) is 19.1 Å². The van der Waals surface area contributed by atoms with Crippen LogP contribution in [0.4, 0.5) is 24.5 Å². The highest BCUT2D eigenvalue weighted by molar-refractivity contribution is 5.96. The molecule has 0 bridgehead atoms. The first-order valence-electron chi connectivity index (χ1n) is 7.89. The molecular weight excluding hydrogens is 381 g/mol. The summed E-state index contributed by atoms with van der Waals surface area (Å²) >= 11 is 0. The lowest BCUT2D eigenvalue weighted by molar-refractivity contribution is -0.385. The number of benzene rings is 2. The number of amides is 1. The van der Waals surface area contributed by atoms with E-state index in [9.17, 15) is 32.9 Å². The van der Waals surface area contributed by atoms with Gasteiger partial charge >= 0.3 is 12.1 Å². The number of anilines is 1. The number of hydrogen-bond donors (Lipinski definition) is 1. The Bertz CT molecular complexity index is 941. The quantitative estimate of drug-likeness (QED) is 0.467. The van der Waals surface area contributed by atoms with Crippen molar-refractivity contribution >= 4 is 23.3 Å². The number of non-ortho nitro benzene ring substituents is 1. The van der Waals surface area contributed by atoms with Gasteiger partial charge < -0.3 is 10.1 Å². The van der Waals surface area contributed by atoms with Crippen molar-refractivity contribution in [3.63, 3.8) is 0 Å². The summed E-state index contributed by atoms with van der Waals surface area (Å²) in [6.45, 7) is 2.81. The van der Waals surface area contributed by atoms with Crippen molar-refractivity contribution in [3.8, 4) is 0 Å². The summed E-state index contributed by atoms with van der Waals surface area (Å²) in [7, 11) is 0. The summed E-state index contributed by atoms with van der Waals surface area (Å²) in [5.74, 6) is -1.82. The molecule has 0 atom stereocenters. The molecule has 0 aliphatic carbocycles. The summed E-state index contributed by atoms with van der Waals surface area (Å²) in [5.41, 5.74) is -0.846. The Morgan fingerprint density at radius 3 is 2.36 bits per heavy atom. The second kappa shape index (κ2) is 8.07. The van der Waals surface area contributed by atoms with Crippen LogP contribution in [0, 0.1) is 24.0 Å². The molecule has 0 heterocycles. The van der Waals surface area contributed by atoms with Gasteiger partial charge in [0.1, 0.15) is 0 Å². The van der Waals surface area contributed by atoms with Gasteiger partial charge in [-0.25, -0.2) is 4.79 Å². The van der Waals surface area contributed by atoms with Crippen LogP contribution in [0.2, 0.25) is 0 Å². The minimum Gasteiger partial charge on any atom is -0.452 e. The number of ether oxygens (including phenoxy) is 1. The first-order valence-corrected chi connectivity index (χ1v) is 7.89. The third-order valence-corrected chi connectivity index (χ3v) is 3.87. The van der Waals surface area contributed by atoms with E-state index in [1.807, 2.05) is 12.2 Å². The van der Waals surface area contributed by atoms with Gasteiger partial charge in [0.05, 0.1) is 21.7 Å². The Hall–Kier alpha value is -3.43. The molecule has 148 valence electrons. The third-order valence-electron chi connectivity index (χ3n) is 3.87. The van der Waals surface area contributed by atoms with Crippen LogP contribution in [0.1, 0.15) is 27.0 Å². The van der Waals surface area contributed by atoms with Crippen molar-refractivity contribution in [3.05, 3.63) is 68.8 Å². The molecule has 0 aliphatic heterocycles. The number of alkyl halides is 3. The maximum Gasteiger partial charge on any atom is 0.418 e. The first-order chi connectivity index (χ1) is 13.0. The standard InChI is InChI=1S/C18H15F3N2O5/c1-10-3-4-12(7-11(10)2)17(25)28-9-16(24)22-15-6-5-13(23(26)27)8-14(15)18(19,20)21/h3-8H,9H2,1-2H3,(H,22,24). The second-order valence-corrected chi connectivity index (χ2v) is 5.91. The molecule has 2 aromatic rings. The van der Waals surface area contributed by atoms with E-state index in [1.165, 1.54) is 6.07 Å². The van der Waals surface area contributed by atoms with E-state index in [-0.39, 0.29) is 5.56 Å². The van der Waals surface area contributed by atoms with E-state index in [4.69, 9.17) is 4.74 Å². The molecule has 1 N–H and O–H groups in total. The Morgan fingerprint density at radius 1 is 1.11 bits per heavy atom. The van der Waals surface area contributed by atoms with Crippen LogP contribution in [0.25, 0.3) is 0 Å². The molecule has 7 nitrogen and oxygen atoms in total. The van der Waals surface area contributed by atoms with Crippen LogP contribution >= 0.6 is 0 Å². The van der Waals surface area contributed by atoms with Gasteiger partial charge in [-0.2, -0.15) is 13.2 Å². The number of nitro benzene ring substituents is 1. The van der Waals surface area contributed by atoms with Crippen LogP contribution in [0.5, 0.6) is 0 Å². The van der Waals surface area contributed by atoms with Crippen molar-refractivity contribution in [2.75, 3.05) is 11.9 Å². The van der Waals surface area contributed by atoms with Gasteiger partial charge in [0.15, 0.2) is 6.61 Å². The van der Waals surface area contributed by atoms with Gasteiger partial charge in [-0.15, -0.1) is 0 Å². The predicted octanol–water partition coefficient (Wildman–Crippen LogP) is 4.03. The molecule has 0 unspecified atom stereocenters. The van der Waals surface area contributed by atoms with Crippen LogP contribution in [0.15, 0.2) is 36.4 Å². The number of nitrogens with one attached hydrogen (secondary N) is 1. The molecule has 0 saturated heterocycles. The fraction of sp³-hybridized carbons (Fsp3) is 0.222. The van der Waals surface area contributed by atoms with E-state index in [2.05, 4.69) is 0 Å². The Morgan fingerprint density at radius 2 is 1.79 bits per heavy atom. The molecule has 10 heteroatoms. The lowest BCUT2D eigenvalue weighted by atomic mass is 10.1. The van der Waals surface area contributed by atoms with Crippen molar-refractivity contribution < 1.29 is 32.4 Å². The Balaban J connectivity index is 2.09. The average molecular weight is 396 g/mol. The van der Waals surface area contributed by atoms with Gasteiger partial charge in [0.2, 0.25) is 0 Å². The van der Waals surface area contributed by atoms with Crippen LogP contribution in [-0.2, 0) is 15.7 Å². The fourth-order valence-corrected chi connectivity index (χ4v) is 2.26. The highest BCUT2D eigenvalue weighted by Gasteiger charge is 2.35. The molecule has 2 rings (SSSR count). The molecule has 0 radical (unpaired) electrons. The highest BCUT2D eigenvalue weighted by atomic mass is 19.4. The van der Waals surface area contributed by atoms with Crippen molar-refractivity contribution in [2.45, 2.75) is 20.0 Å². The van der Waals surface area contributed by atoms with Crippen molar-refractivity contribution in [1.82, 2.24) is 0 Å². The predicted molar refractivity (Wildman–Crippen MR) is 92.9 cm³/mol. The molecule has 2 aromatic carbocycles. The van der Waals surface area contributed by atoms with E-state index in [0.717, 1.165) is 23.3 Å². The highest BCUT2D eigenvalue weighted by Crippen LogP contribution is 2.37. The number of carbonyl (C=O) groups excluding carboxylic acids is 2. The number of carbonyl (C=O) groups is 2. The van der Waals surface area contributed by atoms with Crippen LogP contribution in [-0.4, -0.2) is 23.4 Å². The number of aryl methyl sites for hydroxylation is 2. The fourth-order valence-electron chi connectivity index (χ4n) is 2.26. The van der Waals surface area contributed by atoms with Crippen molar-refractivity contribution in [2.24, 2.45) is 0 Å². The molecule has 0 saturated carbocycles. The van der Waals surface area contributed by atoms with Gasteiger partial charge in [0, 0.05) is 12.1 Å². The number of rotatable bonds is 5. The topological polar surface area (TPSA) is 98.5 Å². The molecule has 0 spiro atoms. The van der Waals surface area contributed by atoms with Gasteiger partial charge in [-0.05, 0) is 43.2 Å². The third kappa shape index (κ3) is 5.06. The summed E-state index contributed by atoms with van der Waals surface area (Å²) in [6.07, 6.45) is -4.93. The first kappa shape index (κ1) is 20.9. The lowest BCUT2D eigenvalue weighted by Crippen LogP contribution is -2.23. The zero-order valence-corrected chi connectivity index (χ0v) is 14.8. The summed E-state index contributed by atoms with van der Waals surface area (Å²) < 4.78 is 44.1. The summed E-state index contributed by atoms with van der Waals surface area (Å²) in [5, 5.41) is 12.6. The van der Waals surface area contributed by atoms with Crippen molar-refractivity contribution in [1.29, 1.82) is 0 Å². The maximum atomic E-state index is 13.1. The number of nitro groups is 1. The smallest absolute Gasteiger partial charge is 0.418 e. The van der Waals surface area contributed by atoms with E-state index < -0.39 is 46.5 Å². The lowest BCUT2D eigenvalue weighted by Gasteiger charge is -2.13. The average Bonchev–Trinajstić information content (AvgIpc) is 2.61. The minimum atomic E-state index is -4.93. The zero-order chi connectivity index (χ0) is 21.1. The zero-order valence-electron chi connectivity index (χ0n) is 14.8. The summed E-state index contributed by atoms with van der Waals surface area (Å²) in [6, 6.07) is 6.67. The summed E-state index contributed by atoms with van der Waals surface area (Å²) in [4.78, 5) is 33.5. The van der Waals surface area contributed by atoms with Gasteiger partial charge in [-0.1, -0.05) is 6.07 Å². The molecule has 0 aliphatic rings. The number of esters is 1. The second-order valence-electron chi connectivity index (χ2n) is 5.91. The van der Waals surface area contributed by atoms with E-state index in [0.29, 0.717) is 6.07 Å². The van der Waals surface area contributed by atoms with Gasteiger partial charge in [-0.3, -0.25) is 14.9 Å². The largest absolute Gasteiger partial charge is 0.452 e. The minimum absolute atomic E-state index is 0.196. The van der Waals surface area contributed by atoms with Crippen LogP contribution in [0.3, 0.4) is 0 Å². The Kier molecular flexibility index (Phi) is 6.02. The number of halogens is 3. The van der Waals surface area contributed by atoms with Gasteiger partial charge in [0.25, 0.3) is 11.6 Å².